The molecule has 4 heterocycles. The smallest absolute Gasteiger partial charge is 0.227 e. The van der Waals surface area contributed by atoms with Crippen LogP contribution in [0.5, 0.6) is 0 Å². The van der Waals surface area contributed by atoms with E-state index in [9.17, 15) is 0 Å². The van der Waals surface area contributed by atoms with Crippen LogP contribution in [0.3, 0.4) is 0 Å². The van der Waals surface area contributed by atoms with Gasteiger partial charge in [0.15, 0.2) is 0 Å². The molecule has 24 nitrogen and oxygen atoms in total. The SMILES string of the molecule is CNc1nc(CN(CCCNCCCCCCCCCNCCCN(Cc2nc(NC)nc(NC)n2)Cc2nc(NC)nc(NC)n2)Cc2nc(NC)nc(NC)n2)nc(NC)n1. The molecule has 0 aromatic carbocycles. The fourth-order valence-corrected chi connectivity index (χ4v) is 6.57. The van der Waals surface area contributed by atoms with Crippen LogP contribution in [0.4, 0.5) is 47.6 Å². The van der Waals surface area contributed by atoms with Crippen molar-refractivity contribution >= 4 is 47.6 Å². The van der Waals surface area contributed by atoms with E-state index in [1.54, 1.807) is 56.4 Å². The molecule has 0 bridgehead atoms. The fourth-order valence-electron chi connectivity index (χ4n) is 6.57. The number of unbranched alkanes of at least 4 members (excludes halogenated alkanes) is 6. The van der Waals surface area contributed by atoms with Crippen molar-refractivity contribution < 1.29 is 0 Å². The first-order valence-electron chi connectivity index (χ1n) is 22.1. The molecule has 0 saturated carbocycles. The van der Waals surface area contributed by atoms with E-state index in [-0.39, 0.29) is 0 Å². The van der Waals surface area contributed by atoms with Crippen molar-refractivity contribution in [2.45, 2.75) is 84.0 Å². The zero-order valence-corrected chi connectivity index (χ0v) is 38.7. The van der Waals surface area contributed by atoms with Crippen molar-refractivity contribution in [1.29, 1.82) is 0 Å². The van der Waals surface area contributed by atoms with Gasteiger partial charge in [-0.25, -0.2) is 0 Å². The van der Waals surface area contributed by atoms with Crippen molar-refractivity contribution in [2.75, 3.05) is 138 Å². The van der Waals surface area contributed by atoms with E-state index < -0.39 is 0 Å². The number of hydrogen-bond donors (Lipinski definition) is 10. The molecule has 0 amide bonds. The normalized spacial score (nSPS) is 11.2. The van der Waals surface area contributed by atoms with E-state index in [1.807, 2.05) is 0 Å². The van der Waals surface area contributed by atoms with Crippen LogP contribution >= 0.6 is 0 Å². The van der Waals surface area contributed by atoms with E-state index >= 15 is 0 Å². The summed E-state index contributed by atoms with van der Waals surface area (Å²) in [5.41, 5.74) is 0. The highest BCUT2D eigenvalue weighted by Crippen LogP contribution is 2.14. The van der Waals surface area contributed by atoms with Crippen LogP contribution in [-0.4, -0.2) is 165 Å². The molecule has 0 atom stereocenters. The standard InChI is InChI=1S/C39H72N24/c1-40-32-50-28(51-33(41-2)58-32)24-62(25-29-52-34(42-3)59-35(43-4)53-29)22-16-20-48-18-14-12-10-9-11-13-15-19-49-21-17-23-63(26-30-54-36(44-5)60-37(45-6)55-30)27-31-56-38(46-7)61-39(47-8)57-31/h48-49H,9-27H2,1-8H3,(H2,40,41,50,51,58)(H2,42,43,52,53,59)(H2,44,45,54,55,60)(H2,46,47,56,57,61). The van der Waals surface area contributed by atoms with Crippen molar-refractivity contribution in [2.24, 2.45) is 0 Å². The lowest BCUT2D eigenvalue weighted by Crippen LogP contribution is -2.29. The van der Waals surface area contributed by atoms with Gasteiger partial charge in [-0.2, -0.15) is 59.8 Å². The minimum Gasteiger partial charge on any atom is -0.357 e. The van der Waals surface area contributed by atoms with Crippen molar-refractivity contribution in [1.82, 2.24) is 80.2 Å². The van der Waals surface area contributed by atoms with Crippen LogP contribution in [0.1, 0.15) is 81.1 Å². The Morgan fingerprint density at radius 2 is 0.476 bits per heavy atom. The summed E-state index contributed by atoms with van der Waals surface area (Å²) in [6.45, 7) is 7.62. The first kappa shape index (κ1) is 49.9. The Bertz CT molecular complexity index is 1550. The van der Waals surface area contributed by atoms with Crippen LogP contribution in [0, 0.1) is 0 Å². The summed E-state index contributed by atoms with van der Waals surface area (Å²) in [5.74, 6) is 6.84. The molecule has 4 aromatic rings. The van der Waals surface area contributed by atoms with Gasteiger partial charge in [0.1, 0.15) is 23.3 Å². The topological polar surface area (TPSA) is 281 Å². The molecule has 0 aliphatic heterocycles. The number of nitrogens with zero attached hydrogens (tertiary/aromatic N) is 14. The molecule has 24 heteroatoms. The molecule has 63 heavy (non-hydrogen) atoms. The zero-order valence-electron chi connectivity index (χ0n) is 38.7. The third-order valence-corrected chi connectivity index (χ3v) is 9.84. The van der Waals surface area contributed by atoms with Gasteiger partial charge in [-0.15, -0.1) is 0 Å². The average molecular weight is 877 g/mol. The highest BCUT2D eigenvalue weighted by atomic mass is 15.3. The summed E-state index contributed by atoms with van der Waals surface area (Å²) >= 11 is 0. The molecular formula is C39H72N24. The summed E-state index contributed by atoms with van der Waals surface area (Å²) in [6, 6.07) is 0. The first-order valence-corrected chi connectivity index (χ1v) is 22.1. The maximum atomic E-state index is 4.59. The van der Waals surface area contributed by atoms with Gasteiger partial charge in [0, 0.05) is 69.5 Å². The second-order valence-electron chi connectivity index (χ2n) is 14.7. The molecule has 0 unspecified atom stereocenters. The number of rotatable bonds is 34. The Hall–Kier alpha value is -5.72. The zero-order chi connectivity index (χ0) is 45.1. The Morgan fingerprint density at radius 1 is 0.270 bits per heavy atom. The summed E-state index contributed by atoms with van der Waals surface area (Å²) in [5, 5.41) is 31.5. The number of anilines is 8. The highest BCUT2D eigenvalue weighted by molar-refractivity contribution is 5.36. The van der Waals surface area contributed by atoms with E-state index in [2.05, 4.69) is 123 Å². The maximum Gasteiger partial charge on any atom is 0.227 e. The van der Waals surface area contributed by atoms with Gasteiger partial charge in [-0.1, -0.05) is 32.1 Å². The summed E-state index contributed by atoms with van der Waals surface area (Å²) in [7, 11) is 14.4. The molecule has 10 N–H and O–H groups in total. The van der Waals surface area contributed by atoms with Crippen molar-refractivity contribution in [3.8, 4) is 0 Å². The van der Waals surface area contributed by atoms with Gasteiger partial charge >= 0.3 is 0 Å². The first-order chi connectivity index (χ1) is 30.8. The van der Waals surface area contributed by atoms with Crippen molar-refractivity contribution in [3.05, 3.63) is 23.3 Å². The lowest BCUT2D eigenvalue weighted by atomic mass is 10.1. The number of hydrogen-bond acceptors (Lipinski definition) is 24. The molecule has 0 radical (unpaired) electrons. The van der Waals surface area contributed by atoms with Crippen LogP contribution in [-0.2, 0) is 26.2 Å². The van der Waals surface area contributed by atoms with Crippen LogP contribution in [0.25, 0.3) is 0 Å². The van der Waals surface area contributed by atoms with Crippen molar-refractivity contribution in [3.63, 3.8) is 0 Å². The maximum absolute atomic E-state index is 4.59. The Morgan fingerprint density at radius 3 is 0.698 bits per heavy atom. The van der Waals surface area contributed by atoms with E-state index in [0.717, 1.165) is 52.1 Å². The number of nitrogens with one attached hydrogen (secondary N) is 10. The monoisotopic (exact) mass is 877 g/mol. The van der Waals surface area contributed by atoms with Gasteiger partial charge in [0.2, 0.25) is 47.6 Å². The van der Waals surface area contributed by atoms with E-state index in [0.29, 0.717) is 97.1 Å². The molecule has 4 aromatic heterocycles. The lowest BCUT2D eigenvalue weighted by Gasteiger charge is -2.21. The van der Waals surface area contributed by atoms with Gasteiger partial charge in [0.25, 0.3) is 0 Å². The minimum absolute atomic E-state index is 0.521. The van der Waals surface area contributed by atoms with E-state index in [4.69, 9.17) is 0 Å². The van der Waals surface area contributed by atoms with Gasteiger partial charge < -0.3 is 53.2 Å². The molecule has 348 valence electrons. The molecule has 0 fully saturated rings. The third kappa shape index (κ3) is 18.7. The second-order valence-corrected chi connectivity index (χ2v) is 14.7. The Balaban J connectivity index is 1.09. The average Bonchev–Trinajstić information content (AvgIpc) is 3.31. The summed E-state index contributed by atoms with van der Waals surface area (Å²) in [6.07, 6.45) is 10.6. The molecular weight excluding hydrogens is 805 g/mol. The predicted octanol–water partition coefficient (Wildman–Crippen LogP) is 2.15. The van der Waals surface area contributed by atoms with Gasteiger partial charge in [-0.3, -0.25) is 9.80 Å². The number of aromatic nitrogens is 12. The lowest BCUT2D eigenvalue weighted by molar-refractivity contribution is 0.240. The second kappa shape index (κ2) is 28.8. The predicted molar refractivity (Wildman–Crippen MR) is 251 cm³/mol. The highest BCUT2D eigenvalue weighted by Gasteiger charge is 2.17. The fraction of sp³-hybridized carbons (Fsp3) is 0.692. The summed E-state index contributed by atoms with van der Waals surface area (Å²) in [4.78, 5) is 58.6. The third-order valence-electron chi connectivity index (χ3n) is 9.84. The van der Waals surface area contributed by atoms with Gasteiger partial charge in [0.05, 0.1) is 26.2 Å². The van der Waals surface area contributed by atoms with Crippen LogP contribution in [0.15, 0.2) is 0 Å². The molecule has 4 rings (SSSR count). The molecule has 0 aliphatic rings. The summed E-state index contributed by atoms with van der Waals surface area (Å²) < 4.78 is 0. The van der Waals surface area contributed by atoms with Crippen LogP contribution < -0.4 is 53.2 Å². The Labute approximate surface area is 372 Å². The molecule has 0 aliphatic carbocycles. The van der Waals surface area contributed by atoms with E-state index in [1.165, 1.54) is 44.9 Å². The largest absolute Gasteiger partial charge is 0.357 e. The molecule has 0 saturated heterocycles. The van der Waals surface area contributed by atoms with Crippen LogP contribution in [0.2, 0.25) is 0 Å². The minimum atomic E-state index is 0.521. The van der Waals surface area contributed by atoms with Gasteiger partial charge in [-0.05, 0) is 51.9 Å². The molecule has 0 spiro atoms. The Kier molecular flexibility index (Phi) is 22.8. The quantitative estimate of drug-likeness (QED) is 0.0301.